The maximum atomic E-state index is 4.25. The topological polar surface area (TPSA) is 0 Å². The van der Waals surface area contributed by atoms with Gasteiger partial charge < -0.3 is 0 Å². The van der Waals surface area contributed by atoms with E-state index in [9.17, 15) is 0 Å². The van der Waals surface area contributed by atoms with E-state index in [-0.39, 0.29) is 0 Å². The molecule has 0 fully saturated rings. The quantitative estimate of drug-likeness (QED) is 0.342. The Bertz CT molecular complexity index is 398. The first kappa shape index (κ1) is 21.0. The average molecular weight is 303 g/mol. The van der Waals surface area contributed by atoms with Crippen molar-refractivity contribution in [2.24, 2.45) is 5.41 Å². The highest BCUT2D eigenvalue weighted by atomic mass is 14.2. The van der Waals surface area contributed by atoms with Crippen molar-refractivity contribution in [2.75, 3.05) is 0 Å². The van der Waals surface area contributed by atoms with Gasteiger partial charge in [0.25, 0.3) is 0 Å². The second kappa shape index (κ2) is 11.5. The molecule has 0 aliphatic carbocycles. The fourth-order valence-electron chi connectivity index (χ4n) is 2.26. The number of hydrogen-bond donors (Lipinski definition) is 0. The van der Waals surface area contributed by atoms with Crippen LogP contribution in [0.5, 0.6) is 0 Å². The summed E-state index contributed by atoms with van der Waals surface area (Å²) >= 11 is 0. The van der Waals surface area contributed by atoms with Gasteiger partial charge >= 0.3 is 0 Å². The molecular weight excluding hydrogens is 264 g/mol. The molecule has 0 N–H and O–H groups in total. The highest BCUT2D eigenvalue weighted by molar-refractivity contribution is 5.09. The number of hydrogen-bond acceptors (Lipinski definition) is 0. The summed E-state index contributed by atoms with van der Waals surface area (Å²) in [4.78, 5) is 0. The molecule has 0 bridgehead atoms. The Kier molecular flexibility index (Phi) is 11.0. The van der Waals surface area contributed by atoms with Gasteiger partial charge in [-0.25, -0.2) is 0 Å². The van der Waals surface area contributed by atoms with Gasteiger partial charge in [-0.3, -0.25) is 0 Å². The Morgan fingerprint density at radius 2 is 1.68 bits per heavy atom. The van der Waals surface area contributed by atoms with E-state index >= 15 is 0 Å². The van der Waals surface area contributed by atoms with E-state index in [4.69, 9.17) is 0 Å². The van der Waals surface area contributed by atoms with Crippen LogP contribution in [0.1, 0.15) is 86.5 Å². The summed E-state index contributed by atoms with van der Waals surface area (Å²) in [5, 5.41) is 0. The molecule has 0 amide bonds. The minimum Gasteiger partial charge on any atom is -0.0995 e. The molecule has 0 aromatic heterocycles. The highest BCUT2D eigenvalue weighted by Gasteiger charge is 2.13. The largest absolute Gasteiger partial charge is 0.0995 e. The summed E-state index contributed by atoms with van der Waals surface area (Å²) < 4.78 is 0. The molecule has 0 spiro atoms. The molecule has 0 rings (SSSR count). The second-order valence-corrected chi connectivity index (χ2v) is 7.50. The molecule has 0 heteroatoms. The lowest BCUT2D eigenvalue weighted by Crippen LogP contribution is -2.07. The molecule has 0 aliphatic rings. The Morgan fingerprint density at radius 3 is 2.27 bits per heavy atom. The standard InChI is InChI=1S/C22H38/c1-8-9-10-17-22(6,7)18-16-21(5)15-14-20(4)13-11-12-19(2)3/h10,12,14,17H,5,8-9,11,13,15-16,18H2,1-4,6-7H3. The first-order valence-electron chi connectivity index (χ1n) is 8.90. The van der Waals surface area contributed by atoms with Crippen molar-refractivity contribution in [1.82, 2.24) is 0 Å². The first-order valence-corrected chi connectivity index (χ1v) is 8.90. The van der Waals surface area contributed by atoms with E-state index in [0.717, 1.165) is 19.3 Å². The van der Waals surface area contributed by atoms with Crippen LogP contribution in [0.3, 0.4) is 0 Å². The third-order valence-electron chi connectivity index (χ3n) is 3.98. The molecule has 0 saturated heterocycles. The fraction of sp³-hybridized carbons (Fsp3) is 0.636. The van der Waals surface area contributed by atoms with Gasteiger partial charge in [-0.1, -0.05) is 74.8 Å². The highest BCUT2D eigenvalue weighted by Crippen LogP contribution is 2.27. The zero-order chi connectivity index (χ0) is 17.0. The maximum absolute atomic E-state index is 4.25. The van der Waals surface area contributed by atoms with Gasteiger partial charge in [-0.2, -0.15) is 0 Å². The maximum Gasteiger partial charge on any atom is -0.0139 e. The molecule has 126 valence electrons. The fourth-order valence-corrected chi connectivity index (χ4v) is 2.26. The van der Waals surface area contributed by atoms with E-state index in [1.807, 2.05) is 0 Å². The average Bonchev–Trinajstić information content (AvgIpc) is 2.43. The Balaban J connectivity index is 4.10. The number of rotatable bonds is 11. The van der Waals surface area contributed by atoms with E-state index in [2.05, 4.69) is 72.4 Å². The van der Waals surface area contributed by atoms with Gasteiger partial charge in [0.1, 0.15) is 0 Å². The van der Waals surface area contributed by atoms with Crippen LogP contribution >= 0.6 is 0 Å². The van der Waals surface area contributed by atoms with Crippen LogP contribution in [-0.4, -0.2) is 0 Å². The van der Waals surface area contributed by atoms with Crippen LogP contribution < -0.4 is 0 Å². The third-order valence-corrected chi connectivity index (χ3v) is 3.98. The summed E-state index contributed by atoms with van der Waals surface area (Å²) in [6, 6.07) is 0. The molecule has 0 aromatic rings. The van der Waals surface area contributed by atoms with Crippen LogP contribution in [-0.2, 0) is 0 Å². The lowest BCUT2D eigenvalue weighted by Gasteiger charge is -2.20. The number of unbranched alkanes of at least 4 members (excludes halogenated alkanes) is 1. The summed E-state index contributed by atoms with van der Waals surface area (Å²) in [7, 11) is 0. The lowest BCUT2D eigenvalue weighted by atomic mass is 9.85. The molecule has 0 unspecified atom stereocenters. The van der Waals surface area contributed by atoms with Gasteiger partial charge in [0.15, 0.2) is 0 Å². The van der Waals surface area contributed by atoms with E-state index in [0.29, 0.717) is 5.41 Å². The Labute approximate surface area is 140 Å². The molecule has 0 radical (unpaired) electrons. The molecule has 0 atom stereocenters. The molecule has 0 aliphatic heterocycles. The van der Waals surface area contributed by atoms with Gasteiger partial charge in [0.2, 0.25) is 0 Å². The minimum atomic E-state index is 0.292. The van der Waals surface area contributed by atoms with Gasteiger partial charge in [0, 0.05) is 0 Å². The van der Waals surface area contributed by atoms with E-state index < -0.39 is 0 Å². The Morgan fingerprint density at radius 1 is 1.00 bits per heavy atom. The molecular formula is C22H38. The normalized spacial score (nSPS) is 12.7. The minimum absolute atomic E-state index is 0.292. The summed E-state index contributed by atoms with van der Waals surface area (Å²) in [5.41, 5.74) is 4.55. The van der Waals surface area contributed by atoms with Crippen LogP contribution in [0.2, 0.25) is 0 Å². The SMILES string of the molecule is C=C(CC=C(C)CCC=C(C)C)CCC(C)(C)C=CCCC. The number of allylic oxidation sites excluding steroid dienone is 7. The summed E-state index contributed by atoms with van der Waals surface area (Å²) in [5.74, 6) is 0. The van der Waals surface area contributed by atoms with Crippen molar-refractivity contribution in [2.45, 2.75) is 86.5 Å². The van der Waals surface area contributed by atoms with Gasteiger partial charge in [0.05, 0.1) is 0 Å². The van der Waals surface area contributed by atoms with E-state index in [1.54, 1.807) is 0 Å². The van der Waals surface area contributed by atoms with Crippen molar-refractivity contribution in [1.29, 1.82) is 0 Å². The monoisotopic (exact) mass is 302 g/mol. The summed E-state index contributed by atoms with van der Waals surface area (Å²) in [6.07, 6.45) is 17.5. The van der Waals surface area contributed by atoms with Gasteiger partial charge in [-0.05, 0) is 64.7 Å². The predicted molar refractivity (Wildman–Crippen MR) is 103 cm³/mol. The first-order chi connectivity index (χ1) is 10.3. The van der Waals surface area contributed by atoms with Crippen molar-refractivity contribution >= 4 is 0 Å². The molecule has 0 heterocycles. The van der Waals surface area contributed by atoms with Crippen molar-refractivity contribution in [3.63, 3.8) is 0 Å². The zero-order valence-electron chi connectivity index (χ0n) is 16.0. The lowest BCUT2D eigenvalue weighted by molar-refractivity contribution is 0.435. The van der Waals surface area contributed by atoms with Gasteiger partial charge in [-0.15, -0.1) is 0 Å². The second-order valence-electron chi connectivity index (χ2n) is 7.50. The van der Waals surface area contributed by atoms with Crippen LogP contribution in [0, 0.1) is 5.41 Å². The van der Waals surface area contributed by atoms with Crippen molar-refractivity contribution in [3.05, 3.63) is 47.6 Å². The molecule has 0 nitrogen and oxygen atoms in total. The summed E-state index contributed by atoms with van der Waals surface area (Å²) in [6.45, 7) is 17.7. The van der Waals surface area contributed by atoms with Crippen molar-refractivity contribution in [3.8, 4) is 0 Å². The van der Waals surface area contributed by atoms with Crippen LogP contribution in [0.15, 0.2) is 47.6 Å². The molecule has 0 saturated carbocycles. The molecule has 22 heavy (non-hydrogen) atoms. The third kappa shape index (κ3) is 12.7. The molecule has 0 aromatic carbocycles. The smallest absolute Gasteiger partial charge is 0.0139 e. The Hall–Kier alpha value is -1.04. The van der Waals surface area contributed by atoms with E-state index in [1.165, 1.54) is 42.4 Å². The predicted octanol–water partition coefficient (Wildman–Crippen LogP) is 7.79. The zero-order valence-corrected chi connectivity index (χ0v) is 16.0. The van der Waals surface area contributed by atoms with Crippen LogP contribution in [0.4, 0.5) is 0 Å². The van der Waals surface area contributed by atoms with Crippen LogP contribution in [0.25, 0.3) is 0 Å². The van der Waals surface area contributed by atoms with Crippen molar-refractivity contribution < 1.29 is 0 Å².